The Hall–Kier alpha value is -1.75. The minimum atomic E-state index is -0.0825. The van der Waals surface area contributed by atoms with Crippen molar-refractivity contribution < 1.29 is 9.53 Å². The number of ether oxygens (including phenoxy) is 1. The van der Waals surface area contributed by atoms with Crippen LogP contribution in [0.2, 0.25) is 0 Å². The summed E-state index contributed by atoms with van der Waals surface area (Å²) in [4.78, 5) is 16.6. The molecule has 1 fully saturated rings. The third-order valence-corrected chi connectivity index (χ3v) is 4.23. The van der Waals surface area contributed by atoms with Gasteiger partial charge in [-0.2, -0.15) is 0 Å². The second-order valence-electron chi connectivity index (χ2n) is 5.84. The number of carbonyl (C=O) groups is 1. The van der Waals surface area contributed by atoms with Gasteiger partial charge in [0.05, 0.1) is 12.8 Å². The van der Waals surface area contributed by atoms with Gasteiger partial charge in [0.2, 0.25) is 0 Å². The number of hydrogen-bond donors (Lipinski definition) is 1. The fourth-order valence-corrected chi connectivity index (χ4v) is 3.02. The molecule has 1 heterocycles. The fraction of sp³-hybridized carbons (Fsp3) is 0.562. The van der Waals surface area contributed by atoms with Gasteiger partial charge in [-0.1, -0.05) is 19.1 Å². The highest BCUT2D eigenvalue weighted by molar-refractivity contribution is 5.91. The van der Waals surface area contributed by atoms with Crippen molar-refractivity contribution in [2.75, 3.05) is 39.6 Å². The van der Waals surface area contributed by atoms with E-state index in [9.17, 15) is 4.79 Å². The lowest BCUT2D eigenvalue weighted by atomic mass is 9.93. The predicted molar refractivity (Wildman–Crippen MR) is 84.8 cm³/mol. The van der Waals surface area contributed by atoms with Gasteiger partial charge in [0.15, 0.2) is 0 Å². The van der Waals surface area contributed by atoms with Gasteiger partial charge in [-0.15, -0.1) is 0 Å². The van der Waals surface area contributed by atoms with Crippen molar-refractivity contribution in [1.29, 1.82) is 0 Å². The molecule has 5 heteroatoms. The lowest BCUT2D eigenvalue weighted by Crippen LogP contribution is -2.50. The molecule has 1 aliphatic rings. The summed E-state index contributed by atoms with van der Waals surface area (Å²) in [5.74, 6) is 1.15. The molecule has 0 aromatic heterocycles. The van der Waals surface area contributed by atoms with Gasteiger partial charge in [0.1, 0.15) is 5.75 Å². The SMILES string of the molecule is COc1ccccc1NC(=O)N(C)[C@@H]1CCN(C)C[C@H]1C. The number of para-hydroxylation sites is 2. The van der Waals surface area contributed by atoms with Crippen LogP contribution in [0.3, 0.4) is 0 Å². The van der Waals surface area contributed by atoms with Crippen LogP contribution in [0.25, 0.3) is 0 Å². The van der Waals surface area contributed by atoms with Gasteiger partial charge in [-0.3, -0.25) is 0 Å². The molecule has 1 aliphatic heterocycles. The van der Waals surface area contributed by atoms with Crippen LogP contribution in [0.15, 0.2) is 24.3 Å². The molecule has 0 unspecified atom stereocenters. The number of benzene rings is 1. The van der Waals surface area contributed by atoms with E-state index in [2.05, 4.69) is 24.2 Å². The van der Waals surface area contributed by atoms with E-state index in [0.717, 1.165) is 19.5 Å². The first-order valence-corrected chi connectivity index (χ1v) is 7.38. The lowest BCUT2D eigenvalue weighted by Gasteiger charge is -2.39. The second kappa shape index (κ2) is 6.80. The summed E-state index contributed by atoms with van der Waals surface area (Å²) in [5, 5.41) is 2.94. The summed E-state index contributed by atoms with van der Waals surface area (Å²) < 4.78 is 5.27. The highest BCUT2D eigenvalue weighted by atomic mass is 16.5. The van der Waals surface area contributed by atoms with E-state index in [1.807, 2.05) is 36.2 Å². The molecule has 0 saturated carbocycles. The zero-order valence-corrected chi connectivity index (χ0v) is 13.3. The molecule has 0 spiro atoms. The molecule has 1 aromatic rings. The van der Waals surface area contributed by atoms with Crippen molar-refractivity contribution in [2.24, 2.45) is 5.92 Å². The number of rotatable bonds is 3. The van der Waals surface area contributed by atoms with Crippen molar-refractivity contribution in [3.05, 3.63) is 24.3 Å². The molecule has 0 radical (unpaired) electrons. The van der Waals surface area contributed by atoms with Gasteiger partial charge in [-0.05, 0) is 38.1 Å². The molecular weight excluding hydrogens is 266 g/mol. The molecule has 21 heavy (non-hydrogen) atoms. The Morgan fingerprint density at radius 2 is 2.14 bits per heavy atom. The molecule has 116 valence electrons. The summed E-state index contributed by atoms with van der Waals surface area (Å²) in [6, 6.07) is 7.65. The number of methoxy groups -OCH3 is 1. The molecule has 2 amide bonds. The first kappa shape index (κ1) is 15.6. The maximum Gasteiger partial charge on any atom is 0.321 e. The van der Waals surface area contributed by atoms with Crippen molar-refractivity contribution in [3.8, 4) is 5.75 Å². The quantitative estimate of drug-likeness (QED) is 0.930. The average Bonchev–Trinajstić information content (AvgIpc) is 2.47. The normalized spacial score (nSPS) is 22.7. The Kier molecular flexibility index (Phi) is 5.07. The number of piperidine rings is 1. The van der Waals surface area contributed by atoms with Crippen molar-refractivity contribution >= 4 is 11.7 Å². The molecule has 0 bridgehead atoms. The van der Waals surface area contributed by atoms with Crippen LogP contribution >= 0.6 is 0 Å². The Bertz CT molecular complexity index is 492. The third-order valence-electron chi connectivity index (χ3n) is 4.23. The van der Waals surface area contributed by atoms with E-state index in [-0.39, 0.29) is 12.1 Å². The van der Waals surface area contributed by atoms with Crippen LogP contribution in [-0.4, -0.2) is 56.2 Å². The molecule has 5 nitrogen and oxygen atoms in total. The van der Waals surface area contributed by atoms with Crippen LogP contribution in [0.4, 0.5) is 10.5 Å². The van der Waals surface area contributed by atoms with E-state index in [1.165, 1.54) is 0 Å². The fourth-order valence-electron chi connectivity index (χ4n) is 3.02. The Morgan fingerprint density at radius 3 is 2.81 bits per heavy atom. The number of carbonyl (C=O) groups excluding carboxylic acids is 1. The first-order chi connectivity index (χ1) is 10.0. The average molecular weight is 291 g/mol. The third kappa shape index (κ3) is 3.67. The lowest BCUT2D eigenvalue weighted by molar-refractivity contribution is 0.113. The first-order valence-electron chi connectivity index (χ1n) is 7.38. The van der Waals surface area contributed by atoms with E-state index in [0.29, 0.717) is 17.4 Å². The molecular formula is C16H25N3O2. The Morgan fingerprint density at radius 1 is 1.43 bits per heavy atom. The van der Waals surface area contributed by atoms with E-state index in [1.54, 1.807) is 7.11 Å². The second-order valence-corrected chi connectivity index (χ2v) is 5.84. The summed E-state index contributed by atoms with van der Waals surface area (Å²) in [7, 11) is 5.60. The molecule has 1 aromatic carbocycles. The van der Waals surface area contributed by atoms with E-state index >= 15 is 0 Å². The Labute approximate surface area is 126 Å². The number of amides is 2. The maximum atomic E-state index is 12.5. The minimum absolute atomic E-state index is 0.0825. The van der Waals surface area contributed by atoms with Gasteiger partial charge in [0, 0.05) is 19.6 Å². The highest BCUT2D eigenvalue weighted by Crippen LogP contribution is 2.25. The maximum absolute atomic E-state index is 12.5. The number of hydrogen-bond acceptors (Lipinski definition) is 3. The summed E-state index contributed by atoms with van der Waals surface area (Å²) >= 11 is 0. The summed E-state index contributed by atoms with van der Waals surface area (Å²) in [5.41, 5.74) is 0.706. The van der Waals surface area contributed by atoms with Crippen molar-refractivity contribution in [3.63, 3.8) is 0 Å². The smallest absolute Gasteiger partial charge is 0.321 e. The van der Waals surface area contributed by atoms with E-state index in [4.69, 9.17) is 4.74 Å². The van der Waals surface area contributed by atoms with Crippen LogP contribution in [0, 0.1) is 5.92 Å². The van der Waals surface area contributed by atoms with Crippen LogP contribution in [-0.2, 0) is 0 Å². The van der Waals surface area contributed by atoms with Crippen molar-refractivity contribution in [1.82, 2.24) is 9.80 Å². The number of likely N-dealkylation sites (tertiary alicyclic amines) is 1. The van der Waals surface area contributed by atoms with Gasteiger partial charge < -0.3 is 19.9 Å². The standard InChI is InChI=1S/C16H25N3O2/c1-12-11-18(2)10-9-14(12)19(3)16(20)17-13-7-5-6-8-15(13)21-4/h5-8,12,14H,9-11H2,1-4H3,(H,17,20)/t12-,14-/m1/s1. The molecule has 1 N–H and O–H groups in total. The number of anilines is 1. The van der Waals surface area contributed by atoms with Gasteiger partial charge in [0.25, 0.3) is 0 Å². The minimum Gasteiger partial charge on any atom is -0.495 e. The monoisotopic (exact) mass is 291 g/mol. The van der Waals surface area contributed by atoms with E-state index < -0.39 is 0 Å². The summed E-state index contributed by atoms with van der Waals surface area (Å²) in [6.07, 6.45) is 1.01. The number of urea groups is 1. The molecule has 1 saturated heterocycles. The van der Waals surface area contributed by atoms with Crippen LogP contribution in [0.1, 0.15) is 13.3 Å². The van der Waals surface area contributed by atoms with Crippen molar-refractivity contribution in [2.45, 2.75) is 19.4 Å². The zero-order valence-electron chi connectivity index (χ0n) is 13.3. The molecule has 2 atom stereocenters. The Balaban J connectivity index is 2.02. The topological polar surface area (TPSA) is 44.8 Å². The largest absolute Gasteiger partial charge is 0.495 e. The summed E-state index contributed by atoms with van der Waals surface area (Å²) in [6.45, 7) is 4.26. The molecule has 2 rings (SSSR count). The highest BCUT2D eigenvalue weighted by Gasteiger charge is 2.30. The van der Waals surface area contributed by atoms with Gasteiger partial charge in [-0.25, -0.2) is 4.79 Å². The van der Waals surface area contributed by atoms with Crippen LogP contribution < -0.4 is 10.1 Å². The van der Waals surface area contributed by atoms with Crippen LogP contribution in [0.5, 0.6) is 5.75 Å². The van der Waals surface area contributed by atoms with Gasteiger partial charge >= 0.3 is 6.03 Å². The molecule has 0 aliphatic carbocycles. The number of nitrogens with one attached hydrogen (secondary N) is 1. The zero-order chi connectivity index (χ0) is 15.4. The number of nitrogens with zero attached hydrogens (tertiary/aromatic N) is 2. The predicted octanol–water partition coefficient (Wildman–Crippen LogP) is 2.50.